The summed E-state index contributed by atoms with van der Waals surface area (Å²) in [5.74, 6) is -0.359. The third-order valence-corrected chi connectivity index (χ3v) is 4.03. The molecule has 5 heteroatoms. The van der Waals surface area contributed by atoms with Crippen molar-refractivity contribution in [1.82, 2.24) is 0 Å². The van der Waals surface area contributed by atoms with Crippen LogP contribution in [0.25, 0.3) is 0 Å². The number of rotatable bonds is 4. The molecule has 0 aliphatic heterocycles. The molecule has 0 bridgehead atoms. The van der Waals surface area contributed by atoms with Crippen molar-refractivity contribution in [1.29, 1.82) is 0 Å². The molecule has 1 aromatic rings. The van der Waals surface area contributed by atoms with Crippen LogP contribution in [0.15, 0.2) is 18.2 Å². The summed E-state index contributed by atoms with van der Waals surface area (Å²) >= 11 is 0. The molecule has 0 fully saturated rings. The molecule has 4 nitrogen and oxygen atoms in total. The van der Waals surface area contributed by atoms with Crippen molar-refractivity contribution in [2.75, 3.05) is 17.3 Å². The second-order valence-corrected chi connectivity index (χ2v) is 7.02. The molecule has 1 amide bonds. The molecule has 1 aliphatic carbocycles. The Bertz CT molecular complexity index is 564. The van der Waals surface area contributed by atoms with Gasteiger partial charge in [-0.25, -0.2) is 8.42 Å². The minimum absolute atomic E-state index is 0.00984. The molecule has 1 aromatic carbocycles. The zero-order valence-electron chi connectivity index (χ0n) is 10.4. The molecular formula is C13H17NO3S. The Morgan fingerprint density at radius 1 is 1.28 bits per heavy atom. The number of carbonyl (C=O) groups excluding carboxylic acids is 1. The van der Waals surface area contributed by atoms with Gasteiger partial charge < -0.3 is 5.32 Å². The highest BCUT2D eigenvalue weighted by atomic mass is 32.2. The number of anilines is 1. The largest absolute Gasteiger partial charge is 0.326 e. The van der Waals surface area contributed by atoms with Crippen molar-refractivity contribution in [3.05, 3.63) is 29.3 Å². The van der Waals surface area contributed by atoms with E-state index in [9.17, 15) is 13.2 Å². The average Bonchev–Trinajstić information content (AvgIpc) is 2.72. The molecule has 0 heterocycles. The smallest absolute Gasteiger partial charge is 0.225 e. The lowest BCUT2D eigenvalue weighted by Gasteiger charge is -2.07. The molecular weight excluding hydrogens is 250 g/mol. The summed E-state index contributed by atoms with van der Waals surface area (Å²) in [7, 11) is -3.08. The quantitative estimate of drug-likeness (QED) is 0.900. The molecule has 0 atom stereocenters. The van der Waals surface area contributed by atoms with Crippen LogP contribution in [0.3, 0.4) is 0 Å². The van der Waals surface area contributed by atoms with Crippen LogP contribution in [0.4, 0.5) is 5.69 Å². The first-order valence-corrected chi connectivity index (χ1v) is 8.09. The lowest BCUT2D eigenvalue weighted by Crippen LogP contribution is -2.16. The predicted molar refractivity (Wildman–Crippen MR) is 71.4 cm³/mol. The fraction of sp³-hybridized carbons (Fsp3) is 0.462. The van der Waals surface area contributed by atoms with E-state index in [0.717, 1.165) is 24.8 Å². The number of aryl methyl sites for hydroxylation is 2. The van der Waals surface area contributed by atoms with Crippen molar-refractivity contribution in [2.45, 2.75) is 25.7 Å². The summed E-state index contributed by atoms with van der Waals surface area (Å²) in [5.41, 5.74) is 3.40. The van der Waals surface area contributed by atoms with E-state index in [2.05, 4.69) is 5.32 Å². The summed E-state index contributed by atoms with van der Waals surface area (Å²) in [6.07, 6.45) is 4.48. The van der Waals surface area contributed by atoms with Gasteiger partial charge in [0.05, 0.1) is 5.75 Å². The topological polar surface area (TPSA) is 63.2 Å². The van der Waals surface area contributed by atoms with Gasteiger partial charge in [0.2, 0.25) is 5.91 Å². The molecule has 0 saturated carbocycles. The minimum atomic E-state index is -3.08. The number of sulfone groups is 1. The van der Waals surface area contributed by atoms with Crippen molar-refractivity contribution < 1.29 is 13.2 Å². The summed E-state index contributed by atoms with van der Waals surface area (Å²) < 4.78 is 21.9. The van der Waals surface area contributed by atoms with Crippen LogP contribution < -0.4 is 5.32 Å². The molecule has 18 heavy (non-hydrogen) atoms. The summed E-state index contributed by atoms with van der Waals surface area (Å²) in [4.78, 5) is 11.6. The summed E-state index contributed by atoms with van der Waals surface area (Å²) in [6, 6.07) is 5.90. The van der Waals surface area contributed by atoms with Crippen LogP contribution in [-0.2, 0) is 27.5 Å². The highest BCUT2D eigenvalue weighted by Gasteiger charge is 2.12. The first-order valence-electron chi connectivity index (χ1n) is 6.03. The van der Waals surface area contributed by atoms with E-state index in [0.29, 0.717) is 0 Å². The van der Waals surface area contributed by atoms with Crippen LogP contribution in [-0.4, -0.2) is 26.3 Å². The Morgan fingerprint density at radius 3 is 2.72 bits per heavy atom. The van der Waals surface area contributed by atoms with Crippen LogP contribution in [0.2, 0.25) is 0 Å². The number of hydrogen-bond acceptors (Lipinski definition) is 3. The molecule has 0 saturated heterocycles. The molecule has 2 rings (SSSR count). The Morgan fingerprint density at radius 2 is 2.00 bits per heavy atom. The van der Waals surface area contributed by atoms with Crippen molar-refractivity contribution in [2.24, 2.45) is 0 Å². The zero-order chi connectivity index (χ0) is 13.2. The summed E-state index contributed by atoms with van der Waals surface area (Å²) in [5, 5.41) is 2.74. The zero-order valence-corrected chi connectivity index (χ0v) is 11.2. The Kier molecular flexibility index (Phi) is 3.71. The first kappa shape index (κ1) is 13.1. The highest BCUT2D eigenvalue weighted by molar-refractivity contribution is 7.90. The van der Waals surface area contributed by atoms with E-state index < -0.39 is 9.84 Å². The van der Waals surface area contributed by atoms with E-state index in [1.54, 1.807) is 0 Å². The van der Waals surface area contributed by atoms with E-state index >= 15 is 0 Å². The lowest BCUT2D eigenvalue weighted by atomic mass is 10.1. The van der Waals surface area contributed by atoms with Crippen LogP contribution in [0.5, 0.6) is 0 Å². The van der Waals surface area contributed by atoms with E-state index in [-0.39, 0.29) is 18.1 Å². The minimum Gasteiger partial charge on any atom is -0.326 e. The second kappa shape index (κ2) is 5.10. The van der Waals surface area contributed by atoms with Crippen molar-refractivity contribution in [3.8, 4) is 0 Å². The van der Waals surface area contributed by atoms with Gasteiger partial charge in [-0.2, -0.15) is 0 Å². The average molecular weight is 267 g/mol. The monoisotopic (exact) mass is 267 g/mol. The third-order valence-electron chi connectivity index (χ3n) is 3.08. The molecule has 0 radical (unpaired) electrons. The molecule has 0 unspecified atom stereocenters. The fourth-order valence-electron chi connectivity index (χ4n) is 2.15. The molecule has 0 spiro atoms. The van der Waals surface area contributed by atoms with Gasteiger partial charge in [-0.3, -0.25) is 4.79 Å². The van der Waals surface area contributed by atoms with Crippen molar-refractivity contribution in [3.63, 3.8) is 0 Å². The third kappa shape index (κ3) is 3.57. The van der Waals surface area contributed by atoms with Gasteiger partial charge in [0, 0.05) is 18.4 Å². The predicted octanol–water partition coefficient (Wildman–Crippen LogP) is 1.55. The lowest BCUT2D eigenvalue weighted by molar-refractivity contribution is -0.115. The van der Waals surface area contributed by atoms with E-state index in [4.69, 9.17) is 0 Å². The maximum Gasteiger partial charge on any atom is 0.225 e. The standard InChI is InChI=1S/C13H17NO3S/c1-18(16,17)8-7-13(15)14-12-6-5-10-3-2-4-11(10)9-12/h5-6,9H,2-4,7-8H2,1H3,(H,14,15). The summed E-state index contributed by atoms with van der Waals surface area (Å²) in [6.45, 7) is 0. The first-order chi connectivity index (χ1) is 8.44. The maximum atomic E-state index is 11.6. The molecule has 0 aromatic heterocycles. The Hall–Kier alpha value is -1.36. The number of hydrogen-bond donors (Lipinski definition) is 1. The van der Waals surface area contributed by atoms with Crippen molar-refractivity contribution >= 4 is 21.4 Å². The van der Waals surface area contributed by atoms with Gasteiger partial charge in [-0.15, -0.1) is 0 Å². The highest BCUT2D eigenvalue weighted by Crippen LogP contribution is 2.24. The second-order valence-electron chi connectivity index (χ2n) is 4.77. The number of amides is 1. The molecule has 1 aliphatic rings. The van der Waals surface area contributed by atoms with Gasteiger partial charge in [0.25, 0.3) is 0 Å². The van der Waals surface area contributed by atoms with Crippen LogP contribution in [0, 0.1) is 0 Å². The van der Waals surface area contributed by atoms with Crippen LogP contribution in [0.1, 0.15) is 24.0 Å². The van der Waals surface area contributed by atoms with Gasteiger partial charge in [0.15, 0.2) is 0 Å². The Labute approximate surface area is 107 Å². The molecule has 98 valence electrons. The number of fused-ring (bicyclic) bond motifs is 1. The van der Waals surface area contributed by atoms with Gasteiger partial charge in [-0.05, 0) is 42.5 Å². The van der Waals surface area contributed by atoms with Gasteiger partial charge in [-0.1, -0.05) is 6.07 Å². The molecule has 1 N–H and O–H groups in total. The maximum absolute atomic E-state index is 11.6. The number of nitrogens with one attached hydrogen (secondary N) is 1. The SMILES string of the molecule is CS(=O)(=O)CCC(=O)Nc1ccc2c(c1)CCC2. The normalized spacial score (nSPS) is 14.3. The van der Waals surface area contributed by atoms with Gasteiger partial charge >= 0.3 is 0 Å². The fourth-order valence-corrected chi connectivity index (χ4v) is 2.71. The van der Waals surface area contributed by atoms with Crippen LogP contribution >= 0.6 is 0 Å². The van der Waals surface area contributed by atoms with Gasteiger partial charge in [0.1, 0.15) is 9.84 Å². The van der Waals surface area contributed by atoms with E-state index in [1.165, 1.54) is 17.5 Å². The number of carbonyl (C=O) groups is 1. The Balaban J connectivity index is 1.95. The van der Waals surface area contributed by atoms with E-state index in [1.807, 2.05) is 18.2 Å². The number of benzene rings is 1.